The number of allylic oxidation sites excluding steroid dienone is 1. The summed E-state index contributed by atoms with van der Waals surface area (Å²) in [5.74, 6) is 0. The molecule has 0 atom stereocenters. The number of benzene rings is 3. The van der Waals surface area contributed by atoms with Gasteiger partial charge in [0.1, 0.15) is 0 Å². The third-order valence-electron chi connectivity index (χ3n) is 5.91. The van der Waals surface area contributed by atoms with Crippen LogP contribution in [-0.4, -0.2) is 0 Å². The van der Waals surface area contributed by atoms with E-state index in [2.05, 4.69) is 117 Å². The summed E-state index contributed by atoms with van der Waals surface area (Å²) in [7, 11) is 0. The van der Waals surface area contributed by atoms with Gasteiger partial charge in [-0.25, -0.2) is 0 Å². The van der Waals surface area contributed by atoms with Crippen molar-refractivity contribution in [3.05, 3.63) is 92.1 Å². The molecule has 4 rings (SSSR count). The molecule has 1 aliphatic rings. The average molecular weight is 464 g/mol. The molecule has 0 spiro atoms. The second kappa shape index (κ2) is 6.94. The van der Waals surface area contributed by atoms with E-state index in [9.17, 15) is 0 Å². The first kappa shape index (κ1) is 18.5. The lowest BCUT2D eigenvalue weighted by Gasteiger charge is -2.22. The van der Waals surface area contributed by atoms with Crippen LogP contribution in [0.4, 0.5) is 0 Å². The van der Waals surface area contributed by atoms with Crippen LogP contribution in [0.15, 0.2) is 60.7 Å². The number of rotatable bonds is 3. The molecule has 0 saturated heterocycles. The lowest BCUT2D eigenvalue weighted by atomic mass is 9.81. The minimum atomic E-state index is 0.0450. The van der Waals surface area contributed by atoms with Crippen LogP contribution in [0.3, 0.4) is 0 Å². The maximum absolute atomic E-state index is 2.43. The van der Waals surface area contributed by atoms with Crippen LogP contribution in [-0.2, 0) is 5.41 Å². The standard InChI is InChI=1S/C26H25I/c1-5-18(14-19-9-7-6-8-17(19)2)20-10-12-22-23-13-11-21(27)16-25(23)26(3,4)24(22)15-20/h6-16H,5H2,1-4H3/b18-14+. The fourth-order valence-electron chi connectivity index (χ4n) is 4.24. The van der Waals surface area contributed by atoms with Crippen molar-refractivity contribution in [2.45, 2.75) is 39.5 Å². The van der Waals surface area contributed by atoms with E-state index in [1.54, 1.807) is 0 Å². The number of hydrogen-bond acceptors (Lipinski definition) is 0. The van der Waals surface area contributed by atoms with Crippen molar-refractivity contribution in [3.8, 4) is 11.1 Å². The summed E-state index contributed by atoms with van der Waals surface area (Å²) in [5.41, 5.74) is 11.1. The van der Waals surface area contributed by atoms with Gasteiger partial charge >= 0.3 is 0 Å². The highest BCUT2D eigenvalue weighted by Gasteiger charge is 2.35. The van der Waals surface area contributed by atoms with Crippen molar-refractivity contribution in [3.63, 3.8) is 0 Å². The molecule has 0 bridgehead atoms. The molecule has 0 radical (unpaired) electrons. The Labute approximate surface area is 176 Å². The van der Waals surface area contributed by atoms with E-state index in [1.807, 2.05) is 0 Å². The van der Waals surface area contributed by atoms with E-state index in [0.29, 0.717) is 0 Å². The first-order chi connectivity index (χ1) is 12.9. The Morgan fingerprint density at radius 1 is 0.926 bits per heavy atom. The molecule has 1 aliphatic carbocycles. The lowest BCUT2D eigenvalue weighted by molar-refractivity contribution is 0.659. The molecule has 136 valence electrons. The molecule has 3 aromatic rings. The molecule has 0 saturated carbocycles. The molecule has 0 nitrogen and oxygen atoms in total. The largest absolute Gasteiger partial charge is 0.0620 e. The van der Waals surface area contributed by atoms with Crippen LogP contribution in [0.2, 0.25) is 0 Å². The summed E-state index contributed by atoms with van der Waals surface area (Å²) in [4.78, 5) is 0. The Morgan fingerprint density at radius 3 is 2.30 bits per heavy atom. The molecule has 27 heavy (non-hydrogen) atoms. The van der Waals surface area contributed by atoms with E-state index in [0.717, 1.165) is 6.42 Å². The van der Waals surface area contributed by atoms with Crippen LogP contribution in [0.25, 0.3) is 22.8 Å². The van der Waals surface area contributed by atoms with Gasteiger partial charge in [0, 0.05) is 8.99 Å². The Bertz CT molecular complexity index is 1050. The van der Waals surface area contributed by atoms with Gasteiger partial charge in [0.05, 0.1) is 0 Å². The predicted octanol–water partition coefficient (Wildman–Crippen LogP) is 7.86. The lowest BCUT2D eigenvalue weighted by Crippen LogP contribution is -2.15. The molecule has 0 N–H and O–H groups in total. The minimum absolute atomic E-state index is 0.0450. The van der Waals surface area contributed by atoms with Crippen molar-refractivity contribution in [2.24, 2.45) is 0 Å². The van der Waals surface area contributed by atoms with E-state index < -0.39 is 0 Å². The van der Waals surface area contributed by atoms with Crippen LogP contribution < -0.4 is 0 Å². The Kier molecular flexibility index (Phi) is 4.75. The van der Waals surface area contributed by atoms with Gasteiger partial charge in [-0.15, -0.1) is 0 Å². The molecule has 0 unspecified atom stereocenters. The first-order valence-corrected chi connectivity index (χ1v) is 10.7. The zero-order chi connectivity index (χ0) is 19.2. The Hall–Kier alpha value is -1.87. The van der Waals surface area contributed by atoms with Gasteiger partial charge in [0.2, 0.25) is 0 Å². The Morgan fingerprint density at radius 2 is 1.59 bits per heavy atom. The van der Waals surface area contributed by atoms with Crippen molar-refractivity contribution in [1.82, 2.24) is 0 Å². The highest BCUT2D eigenvalue weighted by Crippen LogP contribution is 2.49. The zero-order valence-electron chi connectivity index (χ0n) is 16.4. The van der Waals surface area contributed by atoms with E-state index in [4.69, 9.17) is 0 Å². The van der Waals surface area contributed by atoms with Gasteiger partial charge in [0.15, 0.2) is 0 Å². The number of hydrogen-bond donors (Lipinski definition) is 0. The molecular formula is C26H25I. The summed E-state index contributed by atoms with van der Waals surface area (Å²) in [5, 5.41) is 0. The average Bonchev–Trinajstić information content (AvgIpc) is 2.88. The Balaban J connectivity index is 1.84. The molecule has 0 aliphatic heterocycles. The number of fused-ring (bicyclic) bond motifs is 3. The van der Waals surface area contributed by atoms with Gasteiger partial charge in [-0.2, -0.15) is 0 Å². The van der Waals surface area contributed by atoms with Gasteiger partial charge in [-0.1, -0.05) is 69.3 Å². The summed E-state index contributed by atoms with van der Waals surface area (Å²) in [6.45, 7) is 9.14. The summed E-state index contributed by atoms with van der Waals surface area (Å²) >= 11 is 2.42. The van der Waals surface area contributed by atoms with Gasteiger partial charge in [0.25, 0.3) is 0 Å². The summed E-state index contributed by atoms with van der Waals surface area (Å²) in [6.07, 6.45) is 3.38. The number of aryl methyl sites for hydroxylation is 1. The summed E-state index contributed by atoms with van der Waals surface area (Å²) in [6, 6.07) is 22.5. The van der Waals surface area contributed by atoms with Gasteiger partial charge < -0.3 is 0 Å². The molecular weight excluding hydrogens is 439 g/mol. The third kappa shape index (κ3) is 3.16. The van der Waals surface area contributed by atoms with Crippen molar-refractivity contribution < 1.29 is 0 Å². The quantitative estimate of drug-likeness (QED) is 0.274. The van der Waals surface area contributed by atoms with E-state index in [-0.39, 0.29) is 5.41 Å². The molecule has 0 fully saturated rings. The fraction of sp³-hybridized carbons (Fsp3) is 0.231. The van der Waals surface area contributed by atoms with Crippen molar-refractivity contribution >= 4 is 34.2 Å². The highest BCUT2D eigenvalue weighted by molar-refractivity contribution is 14.1. The molecule has 3 aromatic carbocycles. The molecule has 0 amide bonds. The molecule has 0 heterocycles. The van der Waals surface area contributed by atoms with Crippen LogP contribution in [0.5, 0.6) is 0 Å². The van der Waals surface area contributed by atoms with Gasteiger partial charge in [-0.3, -0.25) is 0 Å². The fourth-order valence-corrected chi connectivity index (χ4v) is 4.73. The second-order valence-electron chi connectivity index (χ2n) is 7.95. The monoisotopic (exact) mass is 464 g/mol. The van der Waals surface area contributed by atoms with Crippen LogP contribution in [0.1, 0.15) is 55.0 Å². The van der Waals surface area contributed by atoms with E-state index >= 15 is 0 Å². The minimum Gasteiger partial charge on any atom is -0.0620 e. The molecule has 0 aromatic heterocycles. The maximum atomic E-state index is 2.43. The van der Waals surface area contributed by atoms with E-state index in [1.165, 1.54) is 48.1 Å². The van der Waals surface area contributed by atoms with Crippen LogP contribution in [0, 0.1) is 10.5 Å². The SMILES string of the molecule is CC/C(=C\c1ccccc1C)c1ccc2c(c1)C(C)(C)c1cc(I)ccc1-2. The third-order valence-corrected chi connectivity index (χ3v) is 6.58. The van der Waals surface area contributed by atoms with Crippen LogP contribution >= 0.6 is 22.6 Å². The summed E-state index contributed by atoms with van der Waals surface area (Å²) < 4.78 is 1.31. The maximum Gasteiger partial charge on any atom is 0.0159 e. The normalized spacial score (nSPS) is 14.8. The topological polar surface area (TPSA) is 0 Å². The first-order valence-electron chi connectivity index (χ1n) is 9.63. The molecule has 1 heteroatoms. The predicted molar refractivity (Wildman–Crippen MR) is 126 cm³/mol. The second-order valence-corrected chi connectivity index (χ2v) is 9.20. The van der Waals surface area contributed by atoms with Crippen molar-refractivity contribution in [1.29, 1.82) is 0 Å². The van der Waals surface area contributed by atoms with Crippen molar-refractivity contribution in [2.75, 3.05) is 0 Å². The smallest absolute Gasteiger partial charge is 0.0159 e. The highest BCUT2D eigenvalue weighted by atomic mass is 127. The van der Waals surface area contributed by atoms with Gasteiger partial charge in [-0.05, 0) is 98.7 Å². The number of halogens is 1. The zero-order valence-corrected chi connectivity index (χ0v) is 18.6.